The van der Waals surface area contributed by atoms with Gasteiger partial charge in [0.1, 0.15) is 5.84 Å². The average molecular weight is 268 g/mol. The summed E-state index contributed by atoms with van der Waals surface area (Å²) in [5.74, 6) is 0.0146. The van der Waals surface area contributed by atoms with Gasteiger partial charge in [0.15, 0.2) is 0 Å². The van der Waals surface area contributed by atoms with Crippen molar-refractivity contribution in [3.05, 3.63) is 28.8 Å². The molecular formula is C13H18ClN3O. The number of piperidine rings is 1. The molecule has 0 saturated carbocycles. The van der Waals surface area contributed by atoms with Crippen molar-refractivity contribution in [2.24, 2.45) is 5.73 Å². The molecule has 1 aliphatic rings. The van der Waals surface area contributed by atoms with Crippen LogP contribution in [-0.4, -0.2) is 30.1 Å². The molecule has 1 aliphatic heterocycles. The number of hydrogen-bond donors (Lipinski definition) is 3. The van der Waals surface area contributed by atoms with E-state index in [1.54, 1.807) is 12.1 Å². The largest absolute Gasteiger partial charge is 0.394 e. The van der Waals surface area contributed by atoms with Crippen LogP contribution in [0.25, 0.3) is 0 Å². The summed E-state index contributed by atoms with van der Waals surface area (Å²) in [5, 5.41) is 17.4. The molecule has 0 spiro atoms. The van der Waals surface area contributed by atoms with Gasteiger partial charge in [-0.1, -0.05) is 11.6 Å². The Morgan fingerprint density at radius 3 is 2.89 bits per heavy atom. The van der Waals surface area contributed by atoms with Crippen molar-refractivity contribution < 1.29 is 5.11 Å². The molecular weight excluding hydrogens is 250 g/mol. The van der Waals surface area contributed by atoms with Gasteiger partial charge >= 0.3 is 0 Å². The van der Waals surface area contributed by atoms with Crippen molar-refractivity contribution in [2.75, 3.05) is 18.1 Å². The Bertz CT molecular complexity index is 450. The van der Waals surface area contributed by atoms with Gasteiger partial charge in [-0.25, -0.2) is 0 Å². The van der Waals surface area contributed by atoms with E-state index in [0.717, 1.165) is 31.5 Å². The first-order valence-corrected chi connectivity index (χ1v) is 6.52. The van der Waals surface area contributed by atoms with Gasteiger partial charge in [0.2, 0.25) is 0 Å². The van der Waals surface area contributed by atoms with Crippen LogP contribution in [0.4, 0.5) is 5.69 Å². The highest BCUT2D eigenvalue weighted by atomic mass is 35.5. The molecule has 0 aliphatic carbocycles. The third-order valence-electron chi connectivity index (χ3n) is 3.41. The molecule has 1 aromatic carbocycles. The molecule has 98 valence electrons. The van der Waals surface area contributed by atoms with Crippen LogP contribution in [0.5, 0.6) is 0 Å². The Kier molecular flexibility index (Phi) is 4.09. The van der Waals surface area contributed by atoms with Crippen molar-refractivity contribution in [2.45, 2.75) is 25.3 Å². The number of anilines is 1. The fourth-order valence-electron chi connectivity index (χ4n) is 2.41. The molecule has 4 nitrogen and oxygen atoms in total. The molecule has 0 bridgehead atoms. The summed E-state index contributed by atoms with van der Waals surface area (Å²) < 4.78 is 0. The summed E-state index contributed by atoms with van der Waals surface area (Å²) in [7, 11) is 0. The van der Waals surface area contributed by atoms with Gasteiger partial charge in [0.25, 0.3) is 0 Å². The van der Waals surface area contributed by atoms with Crippen molar-refractivity contribution in [1.29, 1.82) is 5.41 Å². The molecule has 1 atom stereocenters. The van der Waals surface area contributed by atoms with Crippen molar-refractivity contribution in [3.63, 3.8) is 0 Å². The minimum absolute atomic E-state index is 0.0146. The van der Waals surface area contributed by atoms with Crippen LogP contribution >= 0.6 is 11.6 Å². The van der Waals surface area contributed by atoms with Crippen LogP contribution in [0.2, 0.25) is 5.02 Å². The third kappa shape index (κ3) is 2.60. The maximum atomic E-state index is 9.42. The zero-order valence-corrected chi connectivity index (χ0v) is 11.0. The van der Waals surface area contributed by atoms with Crippen LogP contribution in [0.15, 0.2) is 18.2 Å². The fraction of sp³-hybridized carbons (Fsp3) is 0.462. The number of nitrogens with zero attached hydrogens (tertiary/aromatic N) is 1. The second-order valence-electron chi connectivity index (χ2n) is 4.61. The lowest BCUT2D eigenvalue weighted by Gasteiger charge is -2.37. The maximum Gasteiger partial charge on any atom is 0.122 e. The number of nitrogens with two attached hydrogens (primary N) is 1. The molecule has 5 heteroatoms. The Morgan fingerprint density at radius 2 is 2.28 bits per heavy atom. The first-order valence-electron chi connectivity index (χ1n) is 6.15. The van der Waals surface area contributed by atoms with E-state index in [1.165, 1.54) is 0 Å². The summed E-state index contributed by atoms with van der Waals surface area (Å²) >= 11 is 6.25. The third-order valence-corrected chi connectivity index (χ3v) is 3.71. The number of rotatable bonds is 3. The molecule has 1 unspecified atom stereocenters. The maximum absolute atomic E-state index is 9.42. The topological polar surface area (TPSA) is 73.3 Å². The lowest BCUT2D eigenvalue weighted by molar-refractivity contribution is 0.240. The van der Waals surface area contributed by atoms with Crippen molar-refractivity contribution in [1.82, 2.24) is 0 Å². The zero-order chi connectivity index (χ0) is 13.1. The number of nitrogens with one attached hydrogen (secondary N) is 1. The van der Waals surface area contributed by atoms with Crippen LogP contribution in [0.1, 0.15) is 24.8 Å². The predicted molar refractivity (Wildman–Crippen MR) is 74.5 cm³/mol. The monoisotopic (exact) mass is 267 g/mol. The highest BCUT2D eigenvalue weighted by Crippen LogP contribution is 2.31. The van der Waals surface area contributed by atoms with E-state index in [9.17, 15) is 5.11 Å². The van der Waals surface area contributed by atoms with Gasteiger partial charge in [-0.3, -0.25) is 5.41 Å². The zero-order valence-electron chi connectivity index (χ0n) is 10.2. The fourth-order valence-corrected chi connectivity index (χ4v) is 2.70. The minimum atomic E-state index is 0.0146. The molecule has 0 aromatic heterocycles. The minimum Gasteiger partial charge on any atom is -0.394 e. The number of amidine groups is 1. The SMILES string of the molecule is N=C(N)c1ccc(N2CCCCC2CO)c(Cl)c1. The number of nitrogen functional groups attached to an aromatic ring is 1. The van der Waals surface area contributed by atoms with Crippen LogP contribution in [0.3, 0.4) is 0 Å². The summed E-state index contributed by atoms with van der Waals surface area (Å²) in [6.07, 6.45) is 3.24. The molecule has 4 N–H and O–H groups in total. The second-order valence-corrected chi connectivity index (χ2v) is 5.01. The lowest BCUT2D eigenvalue weighted by atomic mass is 10.0. The second kappa shape index (κ2) is 5.59. The van der Waals surface area contributed by atoms with Crippen LogP contribution in [0, 0.1) is 5.41 Å². The molecule has 1 heterocycles. The quantitative estimate of drug-likeness (QED) is 0.579. The predicted octanol–water partition coefficient (Wildman–Crippen LogP) is 1.98. The normalized spacial score (nSPS) is 19.9. The molecule has 2 rings (SSSR count). The van der Waals surface area contributed by atoms with Gasteiger partial charge in [0, 0.05) is 12.1 Å². The van der Waals surface area contributed by atoms with Gasteiger partial charge in [0.05, 0.1) is 23.4 Å². The number of aliphatic hydroxyl groups excluding tert-OH is 1. The number of aliphatic hydroxyl groups is 1. The number of benzene rings is 1. The molecule has 18 heavy (non-hydrogen) atoms. The smallest absolute Gasteiger partial charge is 0.122 e. The summed E-state index contributed by atoms with van der Waals surface area (Å²) in [6.45, 7) is 1.05. The Labute approximate surface area is 112 Å². The first kappa shape index (κ1) is 13.2. The van der Waals surface area contributed by atoms with Crippen LogP contribution < -0.4 is 10.6 Å². The first-order chi connectivity index (χ1) is 8.63. The number of hydrogen-bond acceptors (Lipinski definition) is 3. The average Bonchev–Trinajstić information content (AvgIpc) is 2.38. The van der Waals surface area contributed by atoms with Crippen molar-refractivity contribution >= 4 is 23.1 Å². The van der Waals surface area contributed by atoms with E-state index in [0.29, 0.717) is 10.6 Å². The van der Waals surface area contributed by atoms with E-state index in [-0.39, 0.29) is 18.5 Å². The Balaban J connectivity index is 2.29. The van der Waals surface area contributed by atoms with E-state index in [4.69, 9.17) is 22.7 Å². The highest BCUT2D eigenvalue weighted by molar-refractivity contribution is 6.33. The van der Waals surface area contributed by atoms with Crippen molar-refractivity contribution in [3.8, 4) is 0 Å². The van der Waals surface area contributed by atoms with Gasteiger partial charge < -0.3 is 15.7 Å². The summed E-state index contributed by atoms with van der Waals surface area (Å²) in [5.41, 5.74) is 6.98. The van der Waals surface area contributed by atoms with Gasteiger partial charge in [-0.05, 0) is 37.5 Å². The Morgan fingerprint density at radius 1 is 1.50 bits per heavy atom. The van der Waals surface area contributed by atoms with Gasteiger partial charge in [-0.15, -0.1) is 0 Å². The van der Waals surface area contributed by atoms with E-state index in [1.807, 2.05) is 6.07 Å². The van der Waals surface area contributed by atoms with Crippen LogP contribution in [-0.2, 0) is 0 Å². The molecule has 0 amide bonds. The highest BCUT2D eigenvalue weighted by Gasteiger charge is 2.23. The molecule has 1 aromatic rings. The summed E-state index contributed by atoms with van der Waals surface area (Å²) in [4.78, 5) is 2.15. The van der Waals surface area contributed by atoms with E-state index < -0.39 is 0 Å². The van der Waals surface area contributed by atoms with E-state index in [2.05, 4.69) is 4.90 Å². The summed E-state index contributed by atoms with van der Waals surface area (Å²) in [6, 6.07) is 5.53. The van der Waals surface area contributed by atoms with E-state index >= 15 is 0 Å². The molecule has 1 saturated heterocycles. The molecule has 0 radical (unpaired) electrons. The Hall–Kier alpha value is -1.26. The standard InChI is InChI=1S/C13H18ClN3O/c14-11-7-9(13(15)16)4-5-12(11)17-6-2-1-3-10(17)8-18/h4-5,7,10,18H,1-3,6,8H2,(H3,15,16). The number of halogens is 1. The molecule has 1 fully saturated rings. The lowest BCUT2D eigenvalue weighted by Crippen LogP contribution is -2.42. The van der Waals surface area contributed by atoms with Gasteiger partial charge in [-0.2, -0.15) is 0 Å².